The zero-order valence-electron chi connectivity index (χ0n) is 10.3. The predicted molar refractivity (Wildman–Crippen MR) is 75.8 cm³/mol. The Kier molecular flexibility index (Phi) is 3.59. The van der Waals surface area contributed by atoms with Gasteiger partial charge >= 0.3 is 0 Å². The van der Waals surface area contributed by atoms with Gasteiger partial charge in [0.2, 0.25) is 0 Å². The van der Waals surface area contributed by atoms with Crippen LogP contribution in [-0.2, 0) is 0 Å². The van der Waals surface area contributed by atoms with E-state index in [0.717, 1.165) is 0 Å². The fraction of sp³-hybridized carbons (Fsp3) is 0.200. The minimum Gasteiger partial charge on any atom is -0.485 e. The zero-order chi connectivity index (χ0) is 14.3. The van der Waals surface area contributed by atoms with Gasteiger partial charge in [0, 0.05) is 33.7 Å². The molecular weight excluding hydrogens is 302 g/mol. The van der Waals surface area contributed by atoms with E-state index in [1.165, 1.54) is 18.2 Å². The van der Waals surface area contributed by atoms with Crippen molar-refractivity contribution in [3.63, 3.8) is 0 Å². The van der Waals surface area contributed by atoms with Crippen LogP contribution in [0.2, 0.25) is 10.0 Å². The lowest BCUT2D eigenvalue weighted by molar-refractivity contribution is 0.0655. The van der Waals surface area contributed by atoms with E-state index in [1.807, 2.05) is 0 Å². The van der Waals surface area contributed by atoms with Crippen molar-refractivity contribution in [1.29, 1.82) is 0 Å². The maximum atomic E-state index is 13.3. The predicted octanol–water partition coefficient (Wildman–Crippen LogP) is 4.69. The molecular formula is C15H11Cl2FO2. The molecule has 1 unspecified atom stereocenters. The van der Waals surface area contributed by atoms with Gasteiger partial charge in [-0.25, -0.2) is 4.39 Å². The highest BCUT2D eigenvalue weighted by Gasteiger charge is 2.30. The number of aliphatic hydroxyl groups excluding tert-OH is 1. The summed E-state index contributed by atoms with van der Waals surface area (Å²) >= 11 is 12.3. The lowest BCUT2D eigenvalue weighted by Gasteiger charge is -2.30. The molecule has 2 nitrogen and oxygen atoms in total. The second-order valence-corrected chi connectivity index (χ2v) is 5.49. The van der Waals surface area contributed by atoms with Gasteiger partial charge in [0.05, 0.1) is 6.10 Å². The number of hydrogen-bond donors (Lipinski definition) is 1. The molecule has 0 saturated carbocycles. The molecule has 0 aromatic heterocycles. The summed E-state index contributed by atoms with van der Waals surface area (Å²) in [5.74, 6) is -0.0911. The summed E-state index contributed by atoms with van der Waals surface area (Å²) in [6.07, 6.45) is -0.917. The molecule has 2 aromatic rings. The maximum Gasteiger partial charge on any atom is 0.129 e. The molecule has 0 radical (unpaired) electrons. The van der Waals surface area contributed by atoms with Gasteiger partial charge in [-0.2, -0.15) is 0 Å². The van der Waals surface area contributed by atoms with E-state index in [4.69, 9.17) is 27.9 Å². The minimum absolute atomic E-state index is 0.322. The summed E-state index contributed by atoms with van der Waals surface area (Å²) in [7, 11) is 0. The van der Waals surface area contributed by atoms with Gasteiger partial charge in [-0.3, -0.25) is 0 Å². The SMILES string of the molecule is O[C@@H]1CC(c2c(Cl)cccc2Cl)Oc2cc(F)ccc21. The van der Waals surface area contributed by atoms with Crippen LogP contribution in [0.3, 0.4) is 0 Å². The Morgan fingerprint density at radius 1 is 1.15 bits per heavy atom. The lowest BCUT2D eigenvalue weighted by atomic mass is 9.95. The third-order valence-electron chi connectivity index (χ3n) is 3.36. The first-order chi connectivity index (χ1) is 9.56. The van der Waals surface area contributed by atoms with Crippen LogP contribution in [0.1, 0.15) is 29.8 Å². The van der Waals surface area contributed by atoms with E-state index in [1.54, 1.807) is 18.2 Å². The fourth-order valence-corrected chi connectivity index (χ4v) is 3.05. The van der Waals surface area contributed by atoms with E-state index >= 15 is 0 Å². The van der Waals surface area contributed by atoms with Crippen LogP contribution in [0.5, 0.6) is 5.75 Å². The second kappa shape index (κ2) is 5.24. The number of halogens is 3. The number of hydrogen-bond acceptors (Lipinski definition) is 2. The number of ether oxygens (including phenoxy) is 1. The minimum atomic E-state index is -0.739. The molecule has 0 bridgehead atoms. The van der Waals surface area contributed by atoms with E-state index in [-0.39, 0.29) is 0 Å². The Balaban J connectivity index is 2.03. The molecule has 3 rings (SSSR count). The van der Waals surface area contributed by atoms with Crippen LogP contribution in [0, 0.1) is 5.82 Å². The Hall–Kier alpha value is -1.29. The summed E-state index contributed by atoms with van der Waals surface area (Å²) in [6.45, 7) is 0. The molecule has 0 saturated heterocycles. The van der Waals surface area contributed by atoms with Crippen molar-refractivity contribution in [2.45, 2.75) is 18.6 Å². The number of benzene rings is 2. The highest BCUT2D eigenvalue weighted by atomic mass is 35.5. The molecule has 0 fully saturated rings. The van der Waals surface area contributed by atoms with Gasteiger partial charge in [0.25, 0.3) is 0 Å². The normalized spacial score (nSPS) is 21.2. The largest absolute Gasteiger partial charge is 0.485 e. The van der Waals surface area contributed by atoms with Gasteiger partial charge in [-0.05, 0) is 24.3 Å². The molecule has 1 heterocycles. The number of fused-ring (bicyclic) bond motifs is 1. The third kappa shape index (κ3) is 2.37. The molecule has 1 N–H and O–H groups in total. The fourth-order valence-electron chi connectivity index (χ4n) is 2.41. The van der Waals surface area contributed by atoms with Crippen LogP contribution in [0.25, 0.3) is 0 Å². The first-order valence-corrected chi connectivity index (χ1v) is 6.90. The monoisotopic (exact) mass is 312 g/mol. The first-order valence-electron chi connectivity index (χ1n) is 6.14. The topological polar surface area (TPSA) is 29.5 Å². The van der Waals surface area contributed by atoms with Crippen LogP contribution in [0.4, 0.5) is 4.39 Å². The van der Waals surface area contributed by atoms with Crippen LogP contribution < -0.4 is 4.74 Å². The Labute approximate surface area is 125 Å². The number of aliphatic hydroxyl groups is 1. The molecule has 0 spiro atoms. The summed E-state index contributed by atoms with van der Waals surface area (Å²) in [6, 6.07) is 9.24. The van der Waals surface area contributed by atoms with Gasteiger partial charge in [-0.15, -0.1) is 0 Å². The zero-order valence-corrected chi connectivity index (χ0v) is 11.8. The van der Waals surface area contributed by atoms with Crippen molar-refractivity contribution in [2.75, 3.05) is 0 Å². The molecule has 104 valence electrons. The standard InChI is InChI=1S/C15H11Cl2FO2/c16-10-2-1-3-11(17)15(10)14-7-12(19)9-5-4-8(18)6-13(9)20-14/h1-6,12,14,19H,7H2/t12-,14?/m1/s1. The third-order valence-corrected chi connectivity index (χ3v) is 4.02. The van der Waals surface area contributed by atoms with Crippen molar-refractivity contribution < 1.29 is 14.2 Å². The summed E-state index contributed by atoms with van der Waals surface area (Å²) in [4.78, 5) is 0. The summed E-state index contributed by atoms with van der Waals surface area (Å²) in [5, 5.41) is 11.1. The summed E-state index contributed by atoms with van der Waals surface area (Å²) in [5.41, 5.74) is 1.19. The van der Waals surface area contributed by atoms with Crippen molar-refractivity contribution in [3.8, 4) is 5.75 Å². The summed E-state index contributed by atoms with van der Waals surface area (Å²) < 4.78 is 19.1. The number of rotatable bonds is 1. The van der Waals surface area contributed by atoms with Crippen molar-refractivity contribution >= 4 is 23.2 Å². The second-order valence-electron chi connectivity index (χ2n) is 4.68. The molecule has 2 aromatic carbocycles. The smallest absolute Gasteiger partial charge is 0.129 e. The maximum absolute atomic E-state index is 13.3. The lowest BCUT2D eigenvalue weighted by Crippen LogP contribution is -2.19. The molecule has 2 atom stereocenters. The molecule has 5 heteroatoms. The van der Waals surface area contributed by atoms with Crippen molar-refractivity contribution in [3.05, 3.63) is 63.4 Å². The van der Waals surface area contributed by atoms with Crippen molar-refractivity contribution in [1.82, 2.24) is 0 Å². The van der Waals surface area contributed by atoms with Gasteiger partial charge < -0.3 is 9.84 Å². The first kappa shape index (κ1) is 13.7. The van der Waals surface area contributed by atoms with E-state index in [2.05, 4.69) is 0 Å². The van der Waals surface area contributed by atoms with Gasteiger partial charge in [-0.1, -0.05) is 29.3 Å². The molecule has 0 aliphatic carbocycles. The van der Waals surface area contributed by atoms with Crippen LogP contribution >= 0.6 is 23.2 Å². The van der Waals surface area contributed by atoms with Crippen molar-refractivity contribution in [2.24, 2.45) is 0 Å². The Morgan fingerprint density at radius 3 is 2.55 bits per heavy atom. The molecule has 1 aliphatic rings. The highest BCUT2D eigenvalue weighted by Crippen LogP contribution is 2.44. The Bertz CT molecular complexity index is 640. The van der Waals surface area contributed by atoms with E-state index in [9.17, 15) is 9.50 Å². The Morgan fingerprint density at radius 2 is 1.85 bits per heavy atom. The van der Waals surface area contributed by atoms with E-state index < -0.39 is 18.0 Å². The average Bonchev–Trinajstić information content (AvgIpc) is 2.38. The van der Waals surface area contributed by atoms with Crippen LogP contribution in [-0.4, -0.2) is 5.11 Å². The highest BCUT2D eigenvalue weighted by molar-refractivity contribution is 6.36. The van der Waals surface area contributed by atoms with E-state index in [0.29, 0.717) is 33.3 Å². The van der Waals surface area contributed by atoms with Crippen LogP contribution in [0.15, 0.2) is 36.4 Å². The average molecular weight is 313 g/mol. The molecule has 1 aliphatic heterocycles. The molecule has 20 heavy (non-hydrogen) atoms. The molecule has 0 amide bonds. The van der Waals surface area contributed by atoms with Gasteiger partial charge in [0.1, 0.15) is 17.7 Å². The quantitative estimate of drug-likeness (QED) is 0.827. The van der Waals surface area contributed by atoms with Gasteiger partial charge in [0.15, 0.2) is 0 Å².